The Balaban J connectivity index is 1.58. The first-order valence-corrected chi connectivity index (χ1v) is 12.5. The highest BCUT2D eigenvalue weighted by molar-refractivity contribution is 7.99. The van der Waals surface area contributed by atoms with Gasteiger partial charge in [0.25, 0.3) is 5.56 Å². The molecule has 2 aromatic heterocycles. The summed E-state index contributed by atoms with van der Waals surface area (Å²) in [6.07, 6.45) is 1.62. The molecule has 0 fully saturated rings. The van der Waals surface area contributed by atoms with Gasteiger partial charge < -0.3 is 5.32 Å². The first-order valence-electron chi connectivity index (χ1n) is 11.5. The van der Waals surface area contributed by atoms with Crippen LogP contribution in [-0.4, -0.2) is 30.8 Å². The standard InChI is InChI=1S/C26H27N5O2S/c1-4-14-30-24-28-22-19-13-9-8-10-17(19)15-26(2,3)21(22)23(33)31(24)25(29-30)34-16-20(32)27-18-11-6-5-7-12-18/h5-13H,4,14-16H2,1-3H3,(H,27,32). The van der Waals surface area contributed by atoms with E-state index in [9.17, 15) is 9.59 Å². The van der Waals surface area contributed by atoms with Crippen molar-refractivity contribution in [2.24, 2.45) is 0 Å². The van der Waals surface area contributed by atoms with Gasteiger partial charge in [0.15, 0.2) is 5.16 Å². The lowest BCUT2D eigenvalue weighted by Crippen LogP contribution is -2.36. The van der Waals surface area contributed by atoms with Gasteiger partial charge in [0.05, 0.1) is 17.0 Å². The molecular formula is C26H27N5O2S. The molecule has 0 spiro atoms. The van der Waals surface area contributed by atoms with Gasteiger partial charge in [-0.3, -0.25) is 9.59 Å². The van der Waals surface area contributed by atoms with Crippen molar-refractivity contribution in [3.63, 3.8) is 0 Å². The second-order valence-corrected chi connectivity index (χ2v) is 10.1. The van der Waals surface area contributed by atoms with E-state index in [4.69, 9.17) is 10.1 Å². The number of rotatable bonds is 6. The fourth-order valence-electron chi connectivity index (χ4n) is 4.63. The van der Waals surface area contributed by atoms with Gasteiger partial charge in [0, 0.05) is 23.2 Å². The second kappa shape index (κ2) is 8.76. The zero-order chi connectivity index (χ0) is 23.9. The molecule has 0 aliphatic heterocycles. The fourth-order valence-corrected chi connectivity index (χ4v) is 5.41. The topological polar surface area (TPSA) is 81.3 Å². The van der Waals surface area contributed by atoms with Crippen molar-refractivity contribution in [2.45, 2.75) is 50.7 Å². The minimum absolute atomic E-state index is 0.104. The molecule has 0 saturated heterocycles. The van der Waals surface area contributed by atoms with Crippen LogP contribution in [0.3, 0.4) is 0 Å². The third kappa shape index (κ3) is 3.92. The number of para-hydroxylation sites is 1. The molecule has 34 heavy (non-hydrogen) atoms. The molecule has 1 aliphatic rings. The highest BCUT2D eigenvalue weighted by Gasteiger charge is 2.36. The van der Waals surface area contributed by atoms with Crippen molar-refractivity contribution in [3.8, 4) is 11.3 Å². The summed E-state index contributed by atoms with van der Waals surface area (Å²) in [5.74, 6) is 0.509. The van der Waals surface area contributed by atoms with Crippen LogP contribution in [0.4, 0.5) is 5.69 Å². The lowest BCUT2D eigenvalue weighted by molar-refractivity contribution is -0.113. The van der Waals surface area contributed by atoms with E-state index in [0.717, 1.165) is 29.8 Å². The normalized spacial score (nSPS) is 14.0. The third-order valence-electron chi connectivity index (χ3n) is 6.10. The summed E-state index contributed by atoms with van der Waals surface area (Å²) in [6.45, 7) is 6.88. The number of nitrogens with zero attached hydrogens (tertiary/aromatic N) is 4. The Hall–Kier alpha value is -3.39. The van der Waals surface area contributed by atoms with Crippen LogP contribution < -0.4 is 10.9 Å². The van der Waals surface area contributed by atoms with Crippen molar-refractivity contribution in [1.29, 1.82) is 0 Å². The third-order valence-corrected chi connectivity index (χ3v) is 7.03. The van der Waals surface area contributed by atoms with Crippen LogP contribution in [0.5, 0.6) is 0 Å². The minimum Gasteiger partial charge on any atom is -0.325 e. The van der Waals surface area contributed by atoms with E-state index in [2.05, 4.69) is 32.2 Å². The number of benzene rings is 2. The molecule has 7 nitrogen and oxygen atoms in total. The summed E-state index contributed by atoms with van der Waals surface area (Å²) in [6, 6.07) is 17.5. The van der Waals surface area contributed by atoms with Gasteiger partial charge in [-0.15, -0.1) is 5.10 Å². The van der Waals surface area contributed by atoms with E-state index >= 15 is 0 Å². The molecule has 1 aliphatic carbocycles. The smallest absolute Gasteiger partial charge is 0.265 e. The Morgan fingerprint density at radius 2 is 1.85 bits per heavy atom. The number of aromatic nitrogens is 4. The maximum atomic E-state index is 13.9. The predicted octanol–water partition coefficient (Wildman–Crippen LogP) is 4.53. The molecule has 1 amide bonds. The number of nitrogens with one attached hydrogen (secondary N) is 1. The number of carbonyl (C=O) groups is 1. The lowest BCUT2D eigenvalue weighted by atomic mass is 9.72. The zero-order valence-electron chi connectivity index (χ0n) is 19.5. The van der Waals surface area contributed by atoms with Gasteiger partial charge in [-0.2, -0.15) is 0 Å². The van der Waals surface area contributed by atoms with Gasteiger partial charge in [0.1, 0.15) is 0 Å². The summed E-state index contributed by atoms with van der Waals surface area (Å²) in [5, 5.41) is 8.07. The van der Waals surface area contributed by atoms with Gasteiger partial charge in [0.2, 0.25) is 11.7 Å². The highest BCUT2D eigenvalue weighted by atomic mass is 32.2. The Kier molecular flexibility index (Phi) is 5.77. The molecule has 2 heterocycles. The largest absolute Gasteiger partial charge is 0.325 e. The molecule has 4 aromatic rings. The average molecular weight is 474 g/mol. The van der Waals surface area contributed by atoms with E-state index in [1.54, 1.807) is 9.08 Å². The van der Waals surface area contributed by atoms with Gasteiger partial charge >= 0.3 is 0 Å². The Labute approximate surface area is 202 Å². The lowest BCUT2D eigenvalue weighted by Gasteiger charge is -2.32. The molecule has 8 heteroatoms. The Bertz CT molecular complexity index is 1440. The summed E-state index contributed by atoms with van der Waals surface area (Å²) >= 11 is 1.25. The number of aryl methyl sites for hydroxylation is 1. The molecule has 1 N–H and O–H groups in total. The van der Waals surface area contributed by atoms with Crippen molar-refractivity contribution < 1.29 is 4.79 Å². The van der Waals surface area contributed by atoms with E-state index in [1.165, 1.54) is 17.3 Å². The van der Waals surface area contributed by atoms with Crippen LogP contribution in [0.15, 0.2) is 64.5 Å². The quantitative estimate of drug-likeness (QED) is 0.416. The first kappa shape index (κ1) is 22.4. The summed E-state index contributed by atoms with van der Waals surface area (Å²) < 4.78 is 3.37. The number of hydrogen-bond donors (Lipinski definition) is 1. The van der Waals surface area contributed by atoms with Crippen molar-refractivity contribution in [3.05, 3.63) is 76.1 Å². The number of anilines is 1. The SMILES string of the molecule is CCCn1nc(SCC(=O)Nc2ccccc2)n2c(=O)c3c(nc12)-c1ccccc1CC3(C)C. The van der Waals surface area contributed by atoms with Gasteiger partial charge in [-0.25, -0.2) is 14.1 Å². The van der Waals surface area contributed by atoms with Crippen molar-refractivity contribution >= 4 is 29.1 Å². The predicted molar refractivity (Wildman–Crippen MR) is 135 cm³/mol. The summed E-state index contributed by atoms with van der Waals surface area (Å²) in [5.41, 5.74) is 3.93. The highest BCUT2D eigenvalue weighted by Crippen LogP contribution is 2.40. The summed E-state index contributed by atoms with van der Waals surface area (Å²) in [4.78, 5) is 31.5. The van der Waals surface area contributed by atoms with Crippen LogP contribution in [0.2, 0.25) is 0 Å². The van der Waals surface area contributed by atoms with Crippen molar-refractivity contribution in [2.75, 3.05) is 11.1 Å². The maximum Gasteiger partial charge on any atom is 0.265 e. The second-order valence-electron chi connectivity index (χ2n) is 9.20. The van der Waals surface area contributed by atoms with E-state index in [-0.39, 0.29) is 22.6 Å². The Morgan fingerprint density at radius 1 is 1.12 bits per heavy atom. The molecule has 0 unspecified atom stereocenters. The molecule has 0 atom stereocenters. The van der Waals surface area contributed by atoms with E-state index < -0.39 is 0 Å². The molecule has 0 bridgehead atoms. The average Bonchev–Trinajstić information content (AvgIpc) is 3.16. The number of carbonyl (C=O) groups excluding carboxylic acids is 1. The van der Waals surface area contributed by atoms with Crippen molar-refractivity contribution in [1.82, 2.24) is 19.2 Å². The van der Waals surface area contributed by atoms with Crippen LogP contribution in [0.25, 0.3) is 17.0 Å². The van der Waals surface area contributed by atoms with Gasteiger partial charge in [-0.05, 0) is 30.5 Å². The number of hydrogen-bond acceptors (Lipinski definition) is 5. The summed E-state index contributed by atoms with van der Waals surface area (Å²) in [7, 11) is 0. The number of thioether (sulfide) groups is 1. The molecular weight excluding hydrogens is 446 g/mol. The van der Waals surface area contributed by atoms with Crippen LogP contribution in [0.1, 0.15) is 38.3 Å². The first-order chi connectivity index (χ1) is 16.4. The molecule has 2 aromatic carbocycles. The maximum absolute atomic E-state index is 13.9. The van der Waals surface area contributed by atoms with Crippen LogP contribution >= 0.6 is 11.8 Å². The molecule has 174 valence electrons. The Morgan fingerprint density at radius 3 is 2.62 bits per heavy atom. The zero-order valence-corrected chi connectivity index (χ0v) is 20.4. The van der Waals surface area contributed by atoms with Crippen LogP contribution in [-0.2, 0) is 23.2 Å². The van der Waals surface area contributed by atoms with Gasteiger partial charge in [-0.1, -0.05) is 75.0 Å². The number of fused-ring (bicyclic) bond motifs is 4. The monoisotopic (exact) mass is 473 g/mol. The number of amides is 1. The molecule has 0 saturated carbocycles. The minimum atomic E-state index is -0.367. The van der Waals surface area contributed by atoms with E-state index in [1.807, 2.05) is 48.5 Å². The van der Waals surface area contributed by atoms with E-state index in [0.29, 0.717) is 23.0 Å². The molecule has 5 rings (SSSR count). The fraction of sp³-hybridized carbons (Fsp3) is 0.308. The van der Waals surface area contributed by atoms with Crippen LogP contribution in [0, 0.1) is 0 Å². The molecule has 0 radical (unpaired) electrons.